The lowest BCUT2D eigenvalue weighted by Crippen LogP contribution is -2.33. The van der Waals surface area contributed by atoms with E-state index >= 15 is 0 Å². The molecule has 3 aromatic rings. The third-order valence-electron chi connectivity index (χ3n) is 4.25. The Labute approximate surface area is 173 Å². The quantitative estimate of drug-likeness (QED) is 0.678. The number of anilines is 1. The van der Waals surface area contributed by atoms with Crippen LogP contribution in [0, 0.1) is 0 Å². The summed E-state index contributed by atoms with van der Waals surface area (Å²) in [6.07, 6.45) is 1.47. The first-order valence-electron chi connectivity index (χ1n) is 8.61. The van der Waals surface area contributed by atoms with Gasteiger partial charge in [0.15, 0.2) is 5.69 Å². The van der Waals surface area contributed by atoms with Crippen LogP contribution in [0.5, 0.6) is 0 Å². The molecule has 1 aliphatic heterocycles. The topological polar surface area (TPSA) is 81.1 Å². The molecule has 146 valence electrons. The summed E-state index contributed by atoms with van der Waals surface area (Å²) >= 11 is 5.88. The van der Waals surface area contributed by atoms with Crippen LogP contribution in [0.2, 0.25) is 5.02 Å². The molecule has 1 fully saturated rings. The number of carbonyl (C=O) groups is 1. The maximum absolute atomic E-state index is 12.4. The molecule has 1 amide bonds. The highest BCUT2D eigenvalue weighted by molar-refractivity contribution is 6.30. The molecule has 2 heterocycles. The van der Waals surface area contributed by atoms with Crippen molar-refractivity contribution in [2.45, 2.75) is 6.10 Å². The average Bonchev–Trinajstić information content (AvgIpc) is 3.20. The van der Waals surface area contributed by atoms with E-state index in [1.807, 2.05) is 24.3 Å². The molecule has 2 N–H and O–H groups in total. The van der Waals surface area contributed by atoms with Crippen molar-refractivity contribution in [3.05, 3.63) is 71.0 Å². The Morgan fingerprint density at radius 3 is 2.61 bits per heavy atom. The second-order valence-electron chi connectivity index (χ2n) is 6.14. The Balaban J connectivity index is 0.00000225. The van der Waals surface area contributed by atoms with Gasteiger partial charge in [-0.25, -0.2) is 0 Å². The van der Waals surface area contributed by atoms with Crippen molar-refractivity contribution in [3.63, 3.8) is 0 Å². The second-order valence-corrected chi connectivity index (χ2v) is 6.57. The van der Waals surface area contributed by atoms with E-state index in [2.05, 4.69) is 20.8 Å². The summed E-state index contributed by atoms with van der Waals surface area (Å²) < 4.78 is 5.73. The van der Waals surface area contributed by atoms with Crippen LogP contribution in [-0.4, -0.2) is 40.6 Å². The predicted molar refractivity (Wildman–Crippen MR) is 110 cm³/mol. The lowest BCUT2D eigenvalue weighted by atomic mass is 10.1. The van der Waals surface area contributed by atoms with Gasteiger partial charge in [0, 0.05) is 23.8 Å². The number of rotatable bonds is 4. The van der Waals surface area contributed by atoms with Gasteiger partial charge >= 0.3 is 0 Å². The van der Waals surface area contributed by atoms with E-state index in [4.69, 9.17) is 16.3 Å². The van der Waals surface area contributed by atoms with E-state index in [0.717, 1.165) is 24.3 Å². The van der Waals surface area contributed by atoms with E-state index in [1.165, 1.54) is 11.0 Å². The second kappa shape index (κ2) is 9.16. The first-order chi connectivity index (χ1) is 13.2. The number of ether oxygens (including phenoxy) is 1. The van der Waals surface area contributed by atoms with Gasteiger partial charge in [-0.15, -0.1) is 17.5 Å². The molecule has 1 saturated heterocycles. The summed E-state index contributed by atoms with van der Waals surface area (Å²) in [4.78, 5) is 13.8. The summed E-state index contributed by atoms with van der Waals surface area (Å²) in [5, 5.41) is 15.1. The highest BCUT2D eigenvalue weighted by Crippen LogP contribution is 2.21. The standard InChI is InChI=1S/C19H18ClN5O2.ClH/c20-14-3-7-16(8-4-14)25-22-11-17(24-25)19(26)23-15-5-1-13(2-6-15)18-12-21-9-10-27-18;/h1-8,11,18,21H,9-10,12H2,(H,23,26);1H/t18-;/m1./s1. The molecule has 1 aromatic heterocycles. The SMILES string of the molecule is Cl.O=C(Nc1ccc([C@H]2CNCCO2)cc1)c1cnn(-c2ccc(Cl)cc2)n1. The van der Waals surface area contributed by atoms with Gasteiger partial charge in [-0.2, -0.15) is 9.90 Å². The molecule has 0 unspecified atom stereocenters. The molecular weight excluding hydrogens is 401 g/mol. The van der Waals surface area contributed by atoms with Crippen LogP contribution in [0.1, 0.15) is 22.2 Å². The molecule has 0 radical (unpaired) electrons. The normalized spacial score (nSPS) is 16.2. The average molecular weight is 420 g/mol. The van der Waals surface area contributed by atoms with Crippen LogP contribution in [-0.2, 0) is 4.74 Å². The number of nitrogens with zero attached hydrogens (tertiary/aromatic N) is 3. The Kier molecular flexibility index (Phi) is 6.64. The zero-order valence-electron chi connectivity index (χ0n) is 14.8. The van der Waals surface area contributed by atoms with Crippen molar-refractivity contribution < 1.29 is 9.53 Å². The van der Waals surface area contributed by atoms with Crippen molar-refractivity contribution in [1.29, 1.82) is 0 Å². The van der Waals surface area contributed by atoms with Crippen LogP contribution < -0.4 is 10.6 Å². The van der Waals surface area contributed by atoms with Gasteiger partial charge in [-0.3, -0.25) is 4.79 Å². The Morgan fingerprint density at radius 2 is 1.93 bits per heavy atom. The van der Waals surface area contributed by atoms with Crippen LogP contribution in [0.25, 0.3) is 5.69 Å². The molecule has 0 spiro atoms. The molecule has 1 atom stereocenters. The third kappa shape index (κ3) is 4.69. The highest BCUT2D eigenvalue weighted by atomic mass is 35.5. The largest absolute Gasteiger partial charge is 0.371 e. The molecular formula is C19H19Cl2N5O2. The highest BCUT2D eigenvalue weighted by Gasteiger charge is 2.16. The fourth-order valence-corrected chi connectivity index (χ4v) is 2.95. The van der Waals surface area contributed by atoms with E-state index in [9.17, 15) is 4.79 Å². The van der Waals surface area contributed by atoms with E-state index < -0.39 is 0 Å². The predicted octanol–water partition coefficient (Wildman–Crippen LogP) is 3.26. The Hall–Kier alpha value is -2.45. The lowest BCUT2D eigenvalue weighted by molar-refractivity contribution is 0.0277. The molecule has 0 saturated carbocycles. The summed E-state index contributed by atoms with van der Waals surface area (Å²) in [5.74, 6) is -0.321. The first-order valence-corrected chi connectivity index (χ1v) is 8.99. The summed E-state index contributed by atoms with van der Waals surface area (Å²) in [5.41, 5.74) is 2.72. The third-order valence-corrected chi connectivity index (χ3v) is 4.50. The van der Waals surface area contributed by atoms with Gasteiger partial charge in [-0.05, 0) is 42.0 Å². The summed E-state index contributed by atoms with van der Waals surface area (Å²) in [6.45, 7) is 2.37. The number of morpholine rings is 1. The van der Waals surface area contributed by atoms with Crippen molar-refractivity contribution in [2.24, 2.45) is 0 Å². The van der Waals surface area contributed by atoms with Crippen molar-refractivity contribution in [2.75, 3.05) is 25.0 Å². The van der Waals surface area contributed by atoms with Crippen LogP contribution in [0.15, 0.2) is 54.7 Å². The monoisotopic (exact) mass is 419 g/mol. The lowest BCUT2D eigenvalue weighted by Gasteiger charge is -2.24. The Bertz CT molecular complexity index is 922. The van der Waals surface area contributed by atoms with Crippen molar-refractivity contribution in [3.8, 4) is 5.69 Å². The van der Waals surface area contributed by atoms with E-state index in [1.54, 1.807) is 24.3 Å². The van der Waals surface area contributed by atoms with E-state index in [-0.39, 0.29) is 30.1 Å². The van der Waals surface area contributed by atoms with Crippen LogP contribution in [0.4, 0.5) is 5.69 Å². The maximum atomic E-state index is 12.4. The van der Waals surface area contributed by atoms with Crippen molar-refractivity contribution in [1.82, 2.24) is 20.3 Å². The number of nitrogens with one attached hydrogen (secondary N) is 2. The number of aromatic nitrogens is 3. The van der Waals surface area contributed by atoms with Crippen LogP contribution in [0.3, 0.4) is 0 Å². The number of benzene rings is 2. The number of hydrogen-bond acceptors (Lipinski definition) is 5. The minimum absolute atomic E-state index is 0. The number of halogens is 2. The fraction of sp³-hybridized carbons (Fsp3) is 0.211. The van der Waals surface area contributed by atoms with E-state index in [0.29, 0.717) is 17.3 Å². The summed E-state index contributed by atoms with van der Waals surface area (Å²) in [7, 11) is 0. The smallest absolute Gasteiger partial charge is 0.277 e. The fourth-order valence-electron chi connectivity index (χ4n) is 2.82. The van der Waals surface area contributed by atoms with Crippen LogP contribution >= 0.6 is 24.0 Å². The minimum atomic E-state index is -0.321. The van der Waals surface area contributed by atoms with Gasteiger partial charge in [0.05, 0.1) is 24.6 Å². The molecule has 7 nitrogen and oxygen atoms in total. The van der Waals surface area contributed by atoms with Crippen molar-refractivity contribution >= 4 is 35.6 Å². The van der Waals surface area contributed by atoms with Gasteiger partial charge in [-0.1, -0.05) is 23.7 Å². The zero-order valence-corrected chi connectivity index (χ0v) is 16.4. The molecule has 1 aliphatic rings. The number of hydrogen-bond donors (Lipinski definition) is 2. The molecule has 0 aliphatic carbocycles. The van der Waals surface area contributed by atoms with Gasteiger partial charge < -0.3 is 15.4 Å². The van der Waals surface area contributed by atoms with Gasteiger partial charge in [0.25, 0.3) is 5.91 Å². The maximum Gasteiger partial charge on any atom is 0.277 e. The van der Waals surface area contributed by atoms with Gasteiger partial charge in [0.2, 0.25) is 0 Å². The number of carbonyl (C=O) groups excluding carboxylic acids is 1. The number of amides is 1. The molecule has 9 heteroatoms. The first kappa shape index (κ1) is 20.3. The molecule has 28 heavy (non-hydrogen) atoms. The molecule has 4 rings (SSSR count). The summed E-state index contributed by atoms with van der Waals surface area (Å²) in [6, 6.07) is 14.7. The minimum Gasteiger partial charge on any atom is -0.371 e. The zero-order chi connectivity index (χ0) is 18.6. The Morgan fingerprint density at radius 1 is 1.18 bits per heavy atom. The molecule has 2 aromatic carbocycles. The van der Waals surface area contributed by atoms with Gasteiger partial charge in [0.1, 0.15) is 0 Å². The molecule has 0 bridgehead atoms.